The van der Waals surface area contributed by atoms with Crippen LogP contribution in [0, 0.1) is 34.6 Å². The van der Waals surface area contributed by atoms with E-state index in [4.69, 9.17) is 0 Å². The number of nitrogens with zero attached hydrogens (tertiary/aromatic N) is 2. The summed E-state index contributed by atoms with van der Waals surface area (Å²) in [5, 5.41) is 16.3. The molecule has 0 radical (unpaired) electrons. The van der Waals surface area contributed by atoms with E-state index in [2.05, 4.69) is 53.3 Å². The van der Waals surface area contributed by atoms with Crippen molar-refractivity contribution in [3.8, 4) is 5.75 Å². The molecule has 1 unspecified atom stereocenters. The molecular formula is C32H48N4O3. The Balaban J connectivity index is 1.44. The number of anilines is 2. The largest absolute Gasteiger partial charge is 0.508 e. The van der Waals surface area contributed by atoms with Crippen molar-refractivity contribution in [2.75, 3.05) is 43.4 Å². The molecule has 1 heterocycles. The summed E-state index contributed by atoms with van der Waals surface area (Å²) in [5.41, 5.74) is 6.73. The number of hydrogen-bond acceptors (Lipinski definition) is 5. The fourth-order valence-electron chi connectivity index (χ4n) is 5.49. The second-order valence-corrected chi connectivity index (χ2v) is 11.1. The van der Waals surface area contributed by atoms with Gasteiger partial charge in [0.05, 0.1) is 18.3 Å². The van der Waals surface area contributed by atoms with Crippen LogP contribution in [-0.4, -0.2) is 65.5 Å². The second-order valence-electron chi connectivity index (χ2n) is 11.1. The molecule has 2 amide bonds. The fourth-order valence-corrected chi connectivity index (χ4v) is 5.49. The van der Waals surface area contributed by atoms with Crippen molar-refractivity contribution >= 4 is 23.2 Å². The van der Waals surface area contributed by atoms with Gasteiger partial charge >= 0.3 is 0 Å². The Kier molecular flexibility index (Phi) is 11.4. The molecule has 0 aliphatic carbocycles. The number of piperidine rings is 1. The predicted molar refractivity (Wildman–Crippen MR) is 161 cm³/mol. The maximum absolute atomic E-state index is 13.2. The molecule has 1 saturated heterocycles. The van der Waals surface area contributed by atoms with E-state index in [1.165, 1.54) is 5.56 Å². The van der Waals surface area contributed by atoms with Crippen LogP contribution in [0.5, 0.6) is 5.75 Å². The molecule has 2 aromatic rings. The SMILES string of the molecule is CCN(CCCCCN1CCCCC1C(=O)Nc1c(C)ccc(O)c1C)CC(=O)Nc1c(C)ccc(C)c1C. The maximum atomic E-state index is 13.2. The average Bonchev–Trinajstić information content (AvgIpc) is 2.92. The van der Waals surface area contributed by atoms with Crippen molar-refractivity contribution in [1.82, 2.24) is 9.80 Å². The molecule has 0 bridgehead atoms. The van der Waals surface area contributed by atoms with Gasteiger partial charge in [0.1, 0.15) is 5.75 Å². The zero-order valence-electron chi connectivity index (χ0n) is 24.8. The van der Waals surface area contributed by atoms with Gasteiger partial charge in [-0.25, -0.2) is 0 Å². The van der Waals surface area contributed by atoms with Gasteiger partial charge in [-0.05, 0) is 115 Å². The van der Waals surface area contributed by atoms with E-state index < -0.39 is 0 Å². The van der Waals surface area contributed by atoms with Gasteiger partial charge in [0.2, 0.25) is 11.8 Å². The number of likely N-dealkylation sites (tertiary alicyclic amines) is 1. The van der Waals surface area contributed by atoms with E-state index in [0.29, 0.717) is 12.1 Å². The maximum Gasteiger partial charge on any atom is 0.241 e. The van der Waals surface area contributed by atoms with E-state index in [0.717, 1.165) is 92.8 Å². The van der Waals surface area contributed by atoms with Gasteiger partial charge in [0, 0.05) is 11.3 Å². The summed E-state index contributed by atoms with van der Waals surface area (Å²) in [5.74, 6) is 0.261. The topological polar surface area (TPSA) is 84.9 Å². The van der Waals surface area contributed by atoms with Crippen molar-refractivity contribution in [2.45, 2.75) is 86.1 Å². The minimum Gasteiger partial charge on any atom is -0.508 e. The molecule has 1 atom stereocenters. The minimum atomic E-state index is -0.135. The Labute approximate surface area is 235 Å². The first-order chi connectivity index (χ1) is 18.6. The average molecular weight is 537 g/mol. The van der Waals surface area contributed by atoms with Crippen LogP contribution in [0.25, 0.3) is 0 Å². The number of carbonyl (C=O) groups excluding carboxylic acids is 2. The van der Waals surface area contributed by atoms with Gasteiger partial charge in [0.15, 0.2) is 0 Å². The molecule has 1 fully saturated rings. The number of nitrogens with one attached hydrogen (secondary N) is 2. The van der Waals surface area contributed by atoms with Gasteiger partial charge in [-0.2, -0.15) is 0 Å². The number of amides is 2. The number of aromatic hydroxyl groups is 1. The molecule has 7 nitrogen and oxygen atoms in total. The molecule has 214 valence electrons. The predicted octanol–water partition coefficient (Wildman–Crippen LogP) is 5.86. The Morgan fingerprint density at radius 2 is 1.56 bits per heavy atom. The third-order valence-corrected chi connectivity index (χ3v) is 8.25. The highest BCUT2D eigenvalue weighted by molar-refractivity contribution is 5.96. The third kappa shape index (κ3) is 8.29. The zero-order valence-corrected chi connectivity index (χ0v) is 24.8. The number of benzene rings is 2. The summed E-state index contributed by atoms with van der Waals surface area (Å²) >= 11 is 0. The number of rotatable bonds is 12. The van der Waals surface area contributed by atoms with Crippen molar-refractivity contribution in [3.05, 3.63) is 52.1 Å². The first-order valence-electron chi connectivity index (χ1n) is 14.6. The van der Waals surface area contributed by atoms with E-state index in [-0.39, 0.29) is 23.6 Å². The fraction of sp³-hybridized carbons (Fsp3) is 0.562. The lowest BCUT2D eigenvalue weighted by molar-refractivity contribution is -0.122. The molecule has 39 heavy (non-hydrogen) atoms. The van der Waals surface area contributed by atoms with E-state index in [9.17, 15) is 14.7 Å². The lowest BCUT2D eigenvalue weighted by Crippen LogP contribution is -2.47. The van der Waals surface area contributed by atoms with Gasteiger partial charge in [0.25, 0.3) is 0 Å². The molecule has 3 rings (SSSR count). The minimum absolute atomic E-state index is 0.0220. The Morgan fingerprint density at radius 3 is 2.28 bits per heavy atom. The number of hydrogen-bond donors (Lipinski definition) is 3. The molecule has 1 aliphatic rings. The van der Waals surface area contributed by atoms with E-state index >= 15 is 0 Å². The Hall–Kier alpha value is -2.90. The number of carbonyl (C=O) groups is 2. The first kappa shape index (κ1) is 30.6. The molecular weight excluding hydrogens is 488 g/mol. The van der Waals surface area contributed by atoms with Crippen LogP contribution in [0.1, 0.15) is 73.3 Å². The van der Waals surface area contributed by atoms with Gasteiger partial charge in [-0.1, -0.05) is 38.0 Å². The lowest BCUT2D eigenvalue weighted by atomic mass is 10.00. The summed E-state index contributed by atoms with van der Waals surface area (Å²) in [6, 6.07) is 7.52. The summed E-state index contributed by atoms with van der Waals surface area (Å²) in [4.78, 5) is 30.5. The number of phenolic OH excluding ortho intramolecular Hbond substituents is 1. The summed E-state index contributed by atoms with van der Waals surface area (Å²) < 4.78 is 0. The van der Waals surface area contributed by atoms with Crippen LogP contribution in [0.3, 0.4) is 0 Å². The molecule has 0 saturated carbocycles. The Morgan fingerprint density at radius 1 is 0.897 bits per heavy atom. The van der Waals surface area contributed by atoms with Crippen LogP contribution in [0.2, 0.25) is 0 Å². The third-order valence-electron chi connectivity index (χ3n) is 8.25. The van der Waals surface area contributed by atoms with Gasteiger partial charge in [-0.15, -0.1) is 0 Å². The van der Waals surface area contributed by atoms with Crippen molar-refractivity contribution < 1.29 is 14.7 Å². The van der Waals surface area contributed by atoms with Gasteiger partial charge < -0.3 is 15.7 Å². The summed E-state index contributed by atoms with van der Waals surface area (Å²) in [6.45, 7) is 16.0. The molecule has 0 spiro atoms. The quantitative estimate of drug-likeness (QED) is 0.296. The molecule has 3 N–H and O–H groups in total. The first-order valence-corrected chi connectivity index (χ1v) is 14.6. The lowest BCUT2D eigenvalue weighted by Gasteiger charge is -2.35. The number of phenols is 1. The monoisotopic (exact) mass is 536 g/mol. The standard InChI is InChI=1S/C32H48N4O3/c1-7-35(21-29(38)33-30-23(3)15-14-22(2)25(30)5)18-10-8-11-19-36-20-12-9-13-27(36)32(39)34-31-24(4)16-17-28(37)26(31)6/h14-17,27,37H,7-13,18-21H2,1-6H3,(H,33,38)(H,34,39). The number of unbranched alkanes of at least 4 members (excludes halogenated alkanes) is 2. The molecule has 2 aromatic carbocycles. The van der Waals surface area contributed by atoms with Crippen molar-refractivity contribution in [3.63, 3.8) is 0 Å². The molecule has 7 heteroatoms. The normalized spacial score (nSPS) is 15.9. The van der Waals surface area contributed by atoms with Crippen LogP contribution < -0.4 is 10.6 Å². The zero-order chi connectivity index (χ0) is 28.5. The van der Waals surface area contributed by atoms with Crippen LogP contribution in [0.4, 0.5) is 11.4 Å². The highest BCUT2D eigenvalue weighted by Gasteiger charge is 2.29. The van der Waals surface area contributed by atoms with E-state index in [1.807, 2.05) is 26.8 Å². The van der Waals surface area contributed by atoms with Crippen LogP contribution >= 0.6 is 0 Å². The number of aryl methyl sites for hydroxylation is 3. The van der Waals surface area contributed by atoms with Gasteiger partial charge in [-0.3, -0.25) is 19.4 Å². The highest BCUT2D eigenvalue weighted by Crippen LogP contribution is 2.29. The van der Waals surface area contributed by atoms with Crippen molar-refractivity contribution in [1.29, 1.82) is 0 Å². The highest BCUT2D eigenvalue weighted by atomic mass is 16.3. The smallest absolute Gasteiger partial charge is 0.241 e. The van der Waals surface area contributed by atoms with E-state index in [1.54, 1.807) is 6.07 Å². The van der Waals surface area contributed by atoms with Crippen molar-refractivity contribution in [2.24, 2.45) is 0 Å². The summed E-state index contributed by atoms with van der Waals surface area (Å²) in [6.07, 6.45) is 6.15. The molecule has 0 aromatic heterocycles. The van der Waals surface area contributed by atoms with Crippen LogP contribution in [-0.2, 0) is 9.59 Å². The number of likely N-dealkylation sites (N-methyl/N-ethyl adjacent to an activating group) is 1. The van der Waals surface area contributed by atoms with Crippen LogP contribution in [0.15, 0.2) is 24.3 Å². The summed E-state index contributed by atoms with van der Waals surface area (Å²) in [7, 11) is 0. The molecule has 1 aliphatic heterocycles. The second kappa shape index (κ2) is 14.5. The Bertz CT molecular complexity index is 1150.